The molecule has 0 saturated carbocycles. The molecule has 1 aromatic heterocycles. The van der Waals surface area contributed by atoms with Crippen LogP contribution in [0.4, 0.5) is 4.79 Å². The number of amides is 2. The van der Waals surface area contributed by atoms with Crippen molar-refractivity contribution in [2.24, 2.45) is 5.92 Å². The Hall–Kier alpha value is -2.89. The summed E-state index contributed by atoms with van der Waals surface area (Å²) in [6.45, 7) is 0.540. The average Bonchev–Trinajstić information content (AvgIpc) is 2.55. The molecule has 1 aliphatic rings. The molecule has 2 amide bonds. The van der Waals surface area contributed by atoms with Gasteiger partial charge in [-0.15, -0.1) is 0 Å². The summed E-state index contributed by atoms with van der Waals surface area (Å²) in [4.78, 5) is 28.9. The molecule has 2 heterocycles. The van der Waals surface area contributed by atoms with Crippen LogP contribution in [0.2, 0.25) is 0 Å². The lowest BCUT2D eigenvalue weighted by atomic mass is 9.99. The van der Waals surface area contributed by atoms with E-state index in [-0.39, 0.29) is 25.2 Å². The fraction of sp³-hybridized carbons (Fsp3) is 0.316. The van der Waals surface area contributed by atoms with Crippen LogP contribution >= 0.6 is 0 Å². The largest absolute Gasteiger partial charge is 0.481 e. The second-order valence-electron chi connectivity index (χ2n) is 6.34. The molecule has 6 nitrogen and oxygen atoms in total. The molecule has 2 N–H and O–H groups in total. The van der Waals surface area contributed by atoms with Gasteiger partial charge < -0.3 is 15.3 Å². The topological polar surface area (TPSA) is 82.5 Å². The molecule has 1 saturated heterocycles. The normalized spacial score (nSPS) is 15.3. The predicted molar refractivity (Wildman–Crippen MR) is 93.1 cm³/mol. The number of rotatable bonds is 6. The molecule has 0 radical (unpaired) electrons. The standard InChI is InChI=1S/C19H21N3O3/c23-18(24)16-12-22(13-16)19(25)21-17(9-14-5-2-1-3-6-14)10-15-7-4-8-20-11-15/h1-8,11,16-17H,9-10,12-13H2,(H,21,25)(H,23,24). The third kappa shape index (κ3) is 4.56. The number of carboxylic acid groups (broad SMARTS) is 1. The molecule has 1 fully saturated rings. The number of likely N-dealkylation sites (tertiary alicyclic amines) is 1. The Labute approximate surface area is 146 Å². The van der Waals surface area contributed by atoms with E-state index in [1.54, 1.807) is 17.3 Å². The maximum atomic E-state index is 12.4. The van der Waals surface area contributed by atoms with E-state index in [2.05, 4.69) is 10.3 Å². The third-order valence-corrected chi connectivity index (χ3v) is 4.38. The van der Waals surface area contributed by atoms with E-state index in [1.165, 1.54) is 0 Å². The lowest BCUT2D eigenvalue weighted by molar-refractivity contribution is -0.146. The third-order valence-electron chi connectivity index (χ3n) is 4.38. The zero-order chi connectivity index (χ0) is 17.6. The Morgan fingerprint density at radius 2 is 1.80 bits per heavy atom. The van der Waals surface area contributed by atoms with Gasteiger partial charge in [-0.25, -0.2) is 4.79 Å². The van der Waals surface area contributed by atoms with Crippen LogP contribution in [0.5, 0.6) is 0 Å². The number of pyridine rings is 1. The quantitative estimate of drug-likeness (QED) is 0.843. The van der Waals surface area contributed by atoms with Gasteiger partial charge in [0.15, 0.2) is 0 Å². The molecule has 2 aromatic rings. The Morgan fingerprint density at radius 1 is 1.12 bits per heavy atom. The van der Waals surface area contributed by atoms with E-state index in [0.717, 1.165) is 11.1 Å². The molecular weight excluding hydrogens is 318 g/mol. The van der Waals surface area contributed by atoms with E-state index >= 15 is 0 Å². The van der Waals surface area contributed by atoms with Crippen molar-refractivity contribution in [3.05, 3.63) is 66.0 Å². The second kappa shape index (κ2) is 7.79. The van der Waals surface area contributed by atoms with Crippen LogP contribution < -0.4 is 5.32 Å². The van der Waals surface area contributed by atoms with Crippen LogP contribution in [0.1, 0.15) is 11.1 Å². The zero-order valence-corrected chi connectivity index (χ0v) is 13.8. The van der Waals surface area contributed by atoms with Crippen molar-refractivity contribution < 1.29 is 14.7 Å². The van der Waals surface area contributed by atoms with E-state index < -0.39 is 11.9 Å². The molecule has 6 heteroatoms. The Balaban J connectivity index is 1.63. The Morgan fingerprint density at radius 3 is 2.44 bits per heavy atom. The first-order valence-corrected chi connectivity index (χ1v) is 8.33. The van der Waals surface area contributed by atoms with E-state index in [1.807, 2.05) is 42.5 Å². The molecule has 25 heavy (non-hydrogen) atoms. The molecule has 0 spiro atoms. The van der Waals surface area contributed by atoms with Gasteiger partial charge in [-0.1, -0.05) is 36.4 Å². The first-order chi connectivity index (χ1) is 12.1. The summed E-state index contributed by atoms with van der Waals surface area (Å²) in [6.07, 6.45) is 4.90. The number of nitrogens with one attached hydrogen (secondary N) is 1. The predicted octanol–water partition coefficient (Wildman–Crippen LogP) is 1.96. The van der Waals surface area contributed by atoms with Gasteiger partial charge in [0.05, 0.1) is 5.92 Å². The summed E-state index contributed by atoms with van der Waals surface area (Å²) < 4.78 is 0. The highest BCUT2D eigenvalue weighted by Gasteiger charge is 2.36. The van der Waals surface area contributed by atoms with Gasteiger partial charge in [0.25, 0.3) is 0 Å². The van der Waals surface area contributed by atoms with Crippen molar-refractivity contribution in [2.45, 2.75) is 18.9 Å². The van der Waals surface area contributed by atoms with Crippen LogP contribution in [0.3, 0.4) is 0 Å². The smallest absolute Gasteiger partial charge is 0.317 e. The molecule has 1 aliphatic heterocycles. The lowest BCUT2D eigenvalue weighted by Gasteiger charge is -2.37. The number of hydrogen-bond donors (Lipinski definition) is 2. The van der Waals surface area contributed by atoms with Gasteiger partial charge in [-0.3, -0.25) is 9.78 Å². The fourth-order valence-electron chi connectivity index (χ4n) is 2.94. The van der Waals surface area contributed by atoms with Crippen LogP contribution in [0, 0.1) is 5.92 Å². The van der Waals surface area contributed by atoms with Gasteiger partial charge in [0.2, 0.25) is 0 Å². The highest BCUT2D eigenvalue weighted by Crippen LogP contribution is 2.16. The van der Waals surface area contributed by atoms with Crippen LogP contribution in [0.15, 0.2) is 54.9 Å². The van der Waals surface area contributed by atoms with Crippen LogP contribution in [0.25, 0.3) is 0 Å². The van der Waals surface area contributed by atoms with Gasteiger partial charge in [-0.2, -0.15) is 0 Å². The van der Waals surface area contributed by atoms with Gasteiger partial charge in [0.1, 0.15) is 0 Å². The number of hydrogen-bond acceptors (Lipinski definition) is 3. The van der Waals surface area contributed by atoms with Crippen molar-refractivity contribution in [1.82, 2.24) is 15.2 Å². The number of urea groups is 1. The van der Waals surface area contributed by atoms with Crippen molar-refractivity contribution in [2.75, 3.05) is 13.1 Å². The van der Waals surface area contributed by atoms with Crippen molar-refractivity contribution in [3.8, 4) is 0 Å². The van der Waals surface area contributed by atoms with Crippen molar-refractivity contribution in [1.29, 1.82) is 0 Å². The molecule has 1 aromatic carbocycles. The molecule has 1 atom stereocenters. The van der Waals surface area contributed by atoms with Gasteiger partial charge in [0, 0.05) is 31.5 Å². The van der Waals surface area contributed by atoms with E-state index in [0.29, 0.717) is 12.8 Å². The molecular formula is C19H21N3O3. The monoisotopic (exact) mass is 339 g/mol. The average molecular weight is 339 g/mol. The minimum absolute atomic E-state index is 0.0806. The Kier molecular flexibility index (Phi) is 5.28. The van der Waals surface area contributed by atoms with Crippen LogP contribution in [-0.2, 0) is 17.6 Å². The summed E-state index contributed by atoms with van der Waals surface area (Å²) in [7, 11) is 0. The fourth-order valence-corrected chi connectivity index (χ4v) is 2.94. The molecule has 1 unspecified atom stereocenters. The minimum atomic E-state index is -0.847. The number of carbonyl (C=O) groups is 2. The van der Waals surface area contributed by atoms with Gasteiger partial charge >= 0.3 is 12.0 Å². The number of aromatic nitrogens is 1. The second-order valence-corrected chi connectivity index (χ2v) is 6.34. The first kappa shape index (κ1) is 17.0. The number of nitrogens with zero attached hydrogens (tertiary/aromatic N) is 2. The van der Waals surface area contributed by atoms with E-state index in [9.17, 15) is 9.59 Å². The number of benzene rings is 1. The van der Waals surface area contributed by atoms with E-state index in [4.69, 9.17) is 5.11 Å². The Bertz CT molecular complexity index is 674. The highest BCUT2D eigenvalue weighted by molar-refractivity contribution is 5.80. The molecule has 3 rings (SSSR count). The van der Waals surface area contributed by atoms with Crippen molar-refractivity contribution in [3.63, 3.8) is 0 Å². The maximum absolute atomic E-state index is 12.4. The summed E-state index contributed by atoms with van der Waals surface area (Å²) in [5.74, 6) is -1.29. The maximum Gasteiger partial charge on any atom is 0.317 e. The summed E-state index contributed by atoms with van der Waals surface area (Å²) in [6, 6.07) is 13.6. The summed E-state index contributed by atoms with van der Waals surface area (Å²) in [5.41, 5.74) is 2.19. The van der Waals surface area contributed by atoms with Crippen LogP contribution in [-0.4, -0.2) is 46.1 Å². The summed E-state index contributed by atoms with van der Waals surface area (Å²) >= 11 is 0. The highest BCUT2D eigenvalue weighted by atomic mass is 16.4. The van der Waals surface area contributed by atoms with Crippen molar-refractivity contribution >= 4 is 12.0 Å². The molecule has 0 aliphatic carbocycles. The summed E-state index contributed by atoms with van der Waals surface area (Å²) in [5, 5.41) is 12.0. The van der Waals surface area contributed by atoms with Gasteiger partial charge in [-0.05, 0) is 30.0 Å². The zero-order valence-electron chi connectivity index (χ0n) is 13.8. The lowest BCUT2D eigenvalue weighted by Crippen LogP contribution is -2.58. The minimum Gasteiger partial charge on any atom is -0.481 e. The molecule has 130 valence electrons. The SMILES string of the molecule is O=C(O)C1CN(C(=O)NC(Cc2ccccc2)Cc2cccnc2)C1. The number of carboxylic acids is 1. The number of carbonyl (C=O) groups excluding carboxylic acids is 1. The number of aliphatic carboxylic acids is 1. The first-order valence-electron chi connectivity index (χ1n) is 8.33. The molecule has 0 bridgehead atoms.